The van der Waals surface area contributed by atoms with Gasteiger partial charge < -0.3 is 19.9 Å². The molecule has 0 saturated heterocycles. The minimum atomic E-state index is -0.446. The lowest BCUT2D eigenvalue weighted by molar-refractivity contribution is 0.0599. The van der Waals surface area contributed by atoms with E-state index in [9.17, 15) is 9.59 Å². The summed E-state index contributed by atoms with van der Waals surface area (Å²) >= 11 is 0. The van der Waals surface area contributed by atoms with Gasteiger partial charge in [0.05, 0.1) is 18.7 Å². The Bertz CT molecular complexity index is 751. The second-order valence-corrected chi connectivity index (χ2v) is 6.32. The highest BCUT2D eigenvalue weighted by Gasteiger charge is 2.24. The Labute approximate surface area is 148 Å². The van der Waals surface area contributed by atoms with Crippen LogP contribution in [0.5, 0.6) is 0 Å². The van der Waals surface area contributed by atoms with Gasteiger partial charge in [-0.25, -0.2) is 4.79 Å². The monoisotopic (exact) mass is 343 g/mol. The number of H-pyrrole nitrogens is 1. The lowest BCUT2D eigenvalue weighted by Gasteiger charge is -2.22. The minimum Gasteiger partial charge on any atom is -0.465 e. The summed E-state index contributed by atoms with van der Waals surface area (Å²) in [6, 6.07) is 9.66. The zero-order chi connectivity index (χ0) is 18.6. The molecule has 0 aliphatic heterocycles. The van der Waals surface area contributed by atoms with Crippen molar-refractivity contribution < 1.29 is 14.3 Å². The van der Waals surface area contributed by atoms with Crippen LogP contribution in [0.4, 0.5) is 0 Å². The maximum absolute atomic E-state index is 12.8. The molecule has 1 aromatic heterocycles. The van der Waals surface area contributed by atoms with Gasteiger partial charge in [0.1, 0.15) is 5.69 Å². The van der Waals surface area contributed by atoms with Crippen LogP contribution in [0.15, 0.2) is 30.3 Å². The van der Waals surface area contributed by atoms with Crippen molar-refractivity contribution in [3.05, 3.63) is 58.4 Å². The Balaban J connectivity index is 2.29. The maximum Gasteiger partial charge on any atom is 0.339 e. The van der Waals surface area contributed by atoms with E-state index in [4.69, 9.17) is 4.74 Å². The molecular weight excluding hydrogens is 318 g/mol. The first kappa shape index (κ1) is 18.7. The number of aryl methyl sites for hydroxylation is 1. The standard InChI is InChI=1S/C19H25N3O3/c1-12-16(19(24)25-5)13(2)20-17(12)18(23)21-15(11-22(3)4)14-9-7-6-8-10-14/h6-10,15,20H,11H2,1-5H3,(H,21,23)/t15-/m0/s1. The SMILES string of the molecule is COC(=O)c1c(C)[nH]c(C(=O)N[C@@H](CN(C)C)c2ccccc2)c1C. The molecule has 0 aliphatic rings. The third kappa shape index (κ3) is 4.28. The Morgan fingerprint density at radius 1 is 1.20 bits per heavy atom. The van der Waals surface area contributed by atoms with Crippen molar-refractivity contribution in [3.63, 3.8) is 0 Å². The van der Waals surface area contributed by atoms with E-state index in [0.717, 1.165) is 5.56 Å². The van der Waals surface area contributed by atoms with Crippen LogP contribution in [-0.4, -0.2) is 49.5 Å². The maximum atomic E-state index is 12.8. The lowest BCUT2D eigenvalue weighted by Crippen LogP contribution is -2.35. The summed E-state index contributed by atoms with van der Waals surface area (Å²) in [6.45, 7) is 4.16. The van der Waals surface area contributed by atoms with E-state index in [-0.39, 0.29) is 11.9 Å². The molecule has 1 atom stereocenters. The molecule has 1 aromatic carbocycles. The summed E-state index contributed by atoms with van der Waals surface area (Å²) in [7, 11) is 5.25. The minimum absolute atomic E-state index is 0.159. The molecule has 2 rings (SSSR count). The first-order chi connectivity index (χ1) is 11.8. The topological polar surface area (TPSA) is 74.4 Å². The van der Waals surface area contributed by atoms with E-state index in [1.807, 2.05) is 49.3 Å². The smallest absolute Gasteiger partial charge is 0.339 e. The number of hydrogen-bond acceptors (Lipinski definition) is 4. The van der Waals surface area contributed by atoms with Gasteiger partial charge in [-0.1, -0.05) is 30.3 Å². The van der Waals surface area contributed by atoms with E-state index in [0.29, 0.717) is 29.1 Å². The van der Waals surface area contributed by atoms with Crippen LogP contribution in [0.1, 0.15) is 43.7 Å². The molecule has 0 saturated carbocycles. The van der Waals surface area contributed by atoms with Gasteiger partial charge >= 0.3 is 5.97 Å². The van der Waals surface area contributed by atoms with Gasteiger partial charge in [-0.2, -0.15) is 0 Å². The van der Waals surface area contributed by atoms with Gasteiger partial charge in [0.2, 0.25) is 0 Å². The second-order valence-electron chi connectivity index (χ2n) is 6.32. The summed E-state index contributed by atoms with van der Waals surface area (Å²) in [5, 5.41) is 3.06. The number of nitrogens with zero attached hydrogens (tertiary/aromatic N) is 1. The number of nitrogens with one attached hydrogen (secondary N) is 2. The lowest BCUT2D eigenvalue weighted by atomic mass is 10.1. The third-order valence-electron chi connectivity index (χ3n) is 4.11. The second kappa shape index (κ2) is 7.98. The number of ether oxygens (including phenoxy) is 1. The Hall–Kier alpha value is -2.60. The fourth-order valence-electron chi connectivity index (χ4n) is 2.90. The predicted octanol–water partition coefficient (Wildman–Crippen LogP) is 2.45. The van der Waals surface area contributed by atoms with Crippen LogP contribution in [0, 0.1) is 13.8 Å². The number of carbonyl (C=O) groups is 2. The van der Waals surface area contributed by atoms with Crippen LogP contribution in [0.3, 0.4) is 0 Å². The van der Waals surface area contributed by atoms with Crippen LogP contribution in [0.25, 0.3) is 0 Å². The molecule has 6 heteroatoms. The number of benzene rings is 1. The molecular formula is C19H25N3O3. The van der Waals surface area contributed by atoms with Crippen molar-refractivity contribution in [1.29, 1.82) is 0 Å². The molecule has 1 heterocycles. The molecule has 0 spiro atoms. The first-order valence-electron chi connectivity index (χ1n) is 8.13. The highest BCUT2D eigenvalue weighted by atomic mass is 16.5. The van der Waals surface area contributed by atoms with E-state index in [1.165, 1.54) is 7.11 Å². The van der Waals surface area contributed by atoms with Gasteiger partial charge in [0.15, 0.2) is 0 Å². The average molecular weight is 343 g/mol. The quantitative estimate of drug-likeness (QED) is 0.790. The van der Waals surface area contributed by atoms with E-state index in [2.05, 4.69) is 10.3 Å². The largest absolute Gasteiger partial charge is 0.465 e. The number of aromatic nitrogens is 1. The number of carbonyl (C=O) groups excluding carboxylic acids is 2. The van der Waals surface area contributed by atoms with Gasteiger partial charge in [-0.05, 0) is 39.1 Å². The number of hydrogen-bond donors (Lipinski definition) is 2. The summed E-state index contributed by atoms with van der Waals surface area (Å²) < 4.78 is 4.80. The third-order valence-corrected chi connectivity index (χ3v) is 4.11. The summed E-state index contributed by atoms with van der Waals surface area (Å²) in [5.74, 6) is -0.690. The van der Waals surface area contributed by atoms with Crippen LogP contribution in [-0.2, 0) is 4.74 Å². The van der Waals surface area contributed by atoms with Gasteiger partial charge in [0, 0.05) is 12.2 Å². The van der Waals surface area contributed by atoms with Crippen molar-refractivity contribution in [2.75, 3.05) is 27.7 Å². The highest BCUT2D eigenvalue weighted by Crippen LogP contribution is 2.20. The Morgan fingerprint density at radius 2 is 1.84 bits per heavy atom. The summed E-state index contributed by atoms with van der Waals surface area (Å²) in [5.41, 5.74) is 3.05. The van der Waals surface area contributed by atoms with Crippen LogP contribution >= 0.6 is 0 Å². The molecule has 2 N–H and O–H groups in total. The van der Waals surface area contributed by atoms with Gasteiger partial charge in [0.25, 0.3) is 5.91 Å². The number of likely N-dealkylation sites (N-methyl/N-ethyl adjacent to an activating group) is 1. The van der Waals surface area contributed by atoms with Crippen molar-refractivity contribution in [3.8, 4) is 0 Å². The summed E-state index contributed by atoms with van der Waals surface area (Å²) in [4.78, 5) is 29.7. The highest BCUT2D eigenvalue weighted by molar-refractivity contribution is 6.00. The Morgan fingerprint density at radius 3 is 2.40 bits per heavy atom. The number of esters is 1. The number of aromatic amines is 1. The molecule has 0 unspecified atom stereocenters. The fraction of sp³-hybridized carbons (Fsp3) is 0.368. The van der Waals surface area contributed by atoms with Crippen LogP contribution in [0.2, 0.25) is 0 Å². The molecule has 2 aromatic rings. The van der Waals surface area contributed by atoms with Gasteiger partial charge in [-0.15, -0.1) is 0 Å². The normalized spacial score (nSPS) is 12.1. The number of amides is 1. The molecule has 6 nitrogen and oxygen atoms in total. The molecule has 0 bridgehead atoms. The molecule has 134 valence electrons. The van der Waals surface area contributed by atoms with Crippen molar-refractivity contribution >= 4 is 11.9 Å². The molecule has 0 aliphatic carbocycles. The van der Waals surface area contributed by atoms with Crippen LogP contribution < -0.4 is 5.32 Å². The number of methoxy groups -OCH3 is 1. The fourth-order valence-corrected chi connectivity index (χ4v) is 2.90. The predicted molar refractivity (Wildman–Crippen MR) is 96.8 cm³/mol. The van der Waals surface area contributed by atoms with E-state index in [1.54, 1.807) is 13.8 Å². The van der Waals surface area contributed by atoms with E-state index < -0.39 is 5.97 Å². The van der Waals surface area contributed by atoms with E-state index >= 15 is 0 Å². The zero-order valence-corrected chi connectivity index (χ0v) is 15.3. The molecule has 1 amide bonds. The summed E-state index contributed by atoms with van der Waals surface area (Å²) in [6.07, 6.45) is 0. The zero-order valence-electron chi connectivity index (χ0n) is 15.3. The number of rotatable bonds is 6. The molecule has 0 fully saturated rings. The molecule has 25 heavy (non-hydrogen) atoms. The van der Waals surface area contributed by atoms with Crippen molar-refractivity contribution in [2.24, 2.45) is 0 Å². The van der Waals surface area contributed by atoms with Crippen molar-refractivity contribution in [2.45, 2.75) is 19.9 Å². The Kier molecular flexibility index (Phi) is 5.98. The first-order valence-corrected chi connectivity index (χ1v) is 8.13. The van der Waals surface area contributed by atoms with Gasteiger partial charge in [-0.3, -0.25) is 4.79 Å². The molecule has 0 radical (unpaired) electrons. The average Bonchev–Trinajstić information content (AvgIpc) is 2.88. The van der Waals surface area contributed by atoms with Crippen molar-refractivity contribution in [1.82, 2.24) is 15.2 Å².